The van der Waals surface area contributed by atoms with Gasteiger partial charge in [0.05, 0.1) is 0 Å². The molecular formula is C14H10Cl2F2O. The van der Waals surface area contributed by atoms with Gasteiger partial charge in [-0.15, -0.1) is 0 Å². The van der Waals surface area contributed by atoms with Crippen LogP contribution in [0.1, 0.15) is 22.8 Å². The highest BCUT2D eigenvalue weighted by Gasteiger charge is 2.19. The molecule has 0 amide bonds. The Hall–Kier alpha value is -1.16. The summed E-state index contributed by atoms with van der Waals surface area (Å²) < 4.78 is 27.3. The van der Waals surface area contributed by atoms with Crippen LogP contribution in [0.4, 0.5) is 8.78 Å². The third-order valence-electron chi connectivity index (χ3n) is 2.80. The van der Waals surface area contributed by atoms with Crippen molar-refractivity contribution in [1.29, 1.82) is 0 Å². The summed E-state index contributed by atoms with van der Waals surface area (Å²) in [7, 11) is 0. The second-order valence-electron chi connectivity index (χ2n) is 4.20. The Balaban J connectivity index is 2.50. The molecule has 1 N–H and O–H groups in total. The fourth-order valence-corrected chi connectivity index (χ4v) is 2.33. The fourth-order valence-electron chi connectivity index (χ4n) is 1.78. The molecule has 0 aliphatic rings. The van der Waals surface area contributed by atoms with Crippen LogP contribution < -0.4 is 0 Å². The van der Waals surface area contributed by atoms with Crippen LogP contribution in [0.3, 0.4) is 0 Å². The largest absolute Gasteiger partial charge is 0.384 e. The normalized spacial score (nSPS) is 12.5. The Morgan fingerprint density at radius 2 is 1.58 bits per heavy atom. The van der Waals surface area contributed by atoms with E-state index < -0.39 is 17.7 Å². The number of rotatable bonds is 2. The van der Waals surface area contributed by atoms with E-state index in [1.165, 1.54) is 37.3 Å². The molecule has 0 spiro atoms. The average molecular weight is 303 g/mol. The highest BCUT2D eigenvalue weighted by atomic mass is 35.5. The van der Waals surface area contributed by atoms with E-state index in [1.54, 1.807) is 0 Å². The zero-order valence-corrected chi connectivity index (χ0v) is 11.4. The molecule has 5 heteroatoms. The van der Waals surface area contributed by atoms with Gasteiger partial charge in [0.15, 0.2) is 11.6 Å². The molecule has 0 saturated carbocycles. The van der Waals surface area contributed by atoms with E-state index in [9.17, 15) is 13.9 Å². The first-order valence-corrected chi connectivity index (χ1v) is 6.24. The molecule has 1 atom stereocenters. The summed E-state index contributed by atoms with van der Waals surface area (Å²) in [5.74, 6) is -2.03. The van der Waals surface area contributed by atoms with E-state index in [2.05, 4.69) is 0 Å². The van der Waals surface area contributed by atoms with Crippen molar-refractivity contribution in [2.45, 2.75) is 13.0 Å². The standard InChI is InChI=1S/C14H10Cl2F2O/c1-7-2-3-11(13(18)12(7)17)14(19)8-4-9(15)6-10(16)5-8/h2-6,14,19H,1H3. The minimum atomic E-state index is -1.33. The van der Waals surface area contributed by atoms with Crippen molar-refractivity contribution in [2.24, 2.45) is 0 Å². The number of aliphatic hydroxyl groups is 1. The van der Waals surface area contributed by atoms with Crippen LogP contribution in [0.2, 0.25) is 10.0 Å². The Labute approximate surface area is 119 Å². The van der Waals surface area contributed by atoms with Gasteiger partial charge in [-0.1, -0.05) is 35.3 Å². The van der Waals surface area contributed by atoms with E-state index in [1.807, 2.05) is 0 Å². The lowest BCUT2D eigenvalue weighted by atomic mass is 9.99. The van der Waals surface area contributed by atoms with E-state index in [4.69, 9.17) is 23.2 Å². The molecule has 0 aliphatic heterocycles. The molecule has 0 radical (unpaired) electrons. The van der Waals surface area contributed by atoms with Gasteiger partial charge in [-0.3, -0.25) is 0 Å². The lowest BCUT2D eigenvalue weighted by Crippen LogP contribution is -2.05. The van der Waals surface area contributed by atoms with Gasteiger partial charge in [0.2, 0.25) is 0 Å². The maximum atomic E-state index is 13.8. The van der Waals surface area contributed by atoms with Crippen LogP contribution in [-0.4, -0.2) is 5.11 Å². The predicted molar refractivity (Wildman–Crippen MR) is 71.6 cm³/mol. The third-order valence-corrected chi connectivity index (χ3v) is 3.24. The number of aliphatic hydroxyl groups excluding tert-OH is 1. The van der Waals surface area contributed by atoms with Crippen molar-refractivity contribution >= 4 is 23.2 Å². The van der Waals surface area contributed by atoms with E-state index in [0.717, 1.165) is 0 Å². The highest BCUT2D eigenvalue weighted by Crippen LogP contribution is 2.30. The Morgan fingerprint density at radius 3 is 2.16 bits per heavy atom. The molecule has 2 rings (SSSR count). The van der Waals surface area contributed by atoms with Gasteiger partial charge in [0, 0.05) is 15.6 Å². The smallest absolute Gasteiger partial charge is 0.165 e. The van der Waals surface area contributed by atoms with Gasteiger partial charge in [0.25, 0.3) is 0 Å². The van der Waals surface area contributed by atoms with Crippen LogP contribution in [0, 0.1) is 18.6 Å². The molecule has 2 aromatic rings. The maximum absolute atomic E-state index is 13.8. The summed E-state index contributed by atoms with van der Waals surface area (Å²) in [6.45, 7) is 1.45. The molecule has 100 valence electrons. The third kappa shape index (κ3) is 2.89. The second kappa shape index (κ2) is 5.45. The number of aryl methyl sites for hydroxylation is 1. The summed E-state index contributed by atoms with van der Waals surface area (Å²) in [5, 5.41) is 10.7. The SMILES string of the molecule is Cc1ccc(C(O)c2cc(Cl)cc(Cl)c2)c(F)c1F. The van der Waals surface area contributed by atoms with E-state index in [0.29, 0.717) is 15.6 Å². The summed E-state index contributed by atoms with van der Waals surface area (Å²) >= 11 is 11.6. The van der Waals surface area contributed by atoms with Crippen molar-refractivity contribution in [3.63, 3.8) is 0 Å². The van der Waals surface area contributed by atoms with Gasteiger partial charge >= 0.3 is 0 Å². The Morgan fingerprint density at radius 1 is 1.00 bits per heavy atom. The minimum Gasteiger partial charge on any atom is -0.384 e. The molecule has 1 unspecified atom stereocenters. The van der Waals surface area contributed by atoms with Crippen LogP contribution in [0.25, 0.3) is 0 Å². The number of benzene rings is 2. The summed E-state index contributed by atoms with van der Waals surface area (Å²) in [6.07, 6.45) is -1.33. The lowest BCUT2D eigenvalue weighted by Gasteiger charge is -2.14. The van der Waals surface area contributed by atoms with Crippen LogP contribution >= 0.6 is 23.2 Å². The number of hydrogen-bond donors (Lipinski definition) is 1. The van der Waals surface area contributed by atoms with Crippen molar-refractivity contribution in [3.8, 4) is 0 Å². The molecule has 0 bridgehead atoms. The number of hydrogen-bond acceptors (Lipinski definition) is 1. The van der Waals surface area contributed by atoms with Crippen molar-refractivity contribution in [2.75, 3.05) is 0 Å². The first-order valence-electron chi connectivity index (χ1n) is 5.48. The predicted octanol–water partition coefficient (Wildman–Crippen LogP) is 4.66. The lowest BCUT2D eigenvalue weighted by molar-refractivity contribution is 0.213. The number of halogens is 4. The fraction of sp³-hybridized carbons (Fsp3) is 0.143. The van der Waals surface area contributed by atoms with Gasteiger partial charge < -0.3 is 5.11 Å². The van der Waals surface area contributed by atoms with Crippen molar-refractivity contribution in [1.82, 2.24) is 0 Å². The Kier molecular flexibility index (Phi) is 4.09. The highest BCUT2D eigenvalue weighted by molar-refractivity contribution is 6.34. The summed E-state index contributed by atoms with van der Waals surface area (Å²) in [4.78, 5) is 0. The quantitative estimate of drug-likeness (QED) is 0.855. The first kappa shape index (κ1) is 14.3. The first-order chi connectivity index (χ1) is 8.90. The van der Waals surface area contributed by atoms with Gasteiger partial charge in [-0.2, -0.15) is 0 Å². The minimum absolute atomic E-state index is 0.151. The van der Waals surface area contributed by atoms with E-state index in [-0.39, 0.29) is 11.1 Å². The maximum Gasteiger partial charge on any atom is 0.165 e. The zero-order chi connectivity index (χ0) is 14.2. The molecule has 0 heterocycles. The molecular weight excluding hydrogens is 293 g/mol. The van der Waals surface area contributed by atoms with Crippen molar-refractivity contribution in [3.05, 3.63) is 68.7 Å². The van der Waals surface area contributed by atoms with E-state index >= 15 is 0 Å². The monoisotopic (exact) mass is 302 g/mol. The van der Waals surface area contributed by atoms with Gasteiger partial charge in [0.1, 0.15) is 6.10 Å². The van der Waals surface area contributed by atoms with Crippen LogP contribution in [0.15, 0.2) is 30.3 Å². The molecule has 0 aromatic heterocycles. The molecule has 19 heavy (non-hydrogen) atoms. The van der Waals surface area contributed by atoms with Crippen LogP contribution in [0.5, 0.6) is 0 Å². The summed E-state index contributed by atoms with van der Waals surface area (Å²) in [6, 6.07) is 7.15. The Bertz CT molecular complexity index is 609. The van der Waals surface area contributed by atoms with Gasteiger partial charge in [-0.25, -0.2) is 8.78 Å². The summed E-state index contributed by atoms with van der Waals surface area (Å²) in [5.41, 5.74) is 0.332. The molecule has 2 aromatic carbocycles. The molecule has 0 saturated heterocycles. The topological polar surface area (TPSA) is 20.2 Å². The van der Waals surface area contributed by atoms with Gasteiger partial charge in [-0.05, 0) is 36.2 Å². The molecule has 1 nitrogen and oxygen atoms in total. The zero-order valence-electron chi connectivity index (χ0n) is 9.92. The van der Waals surface area contributed by atoms with Crippen LogP contribution in [-0.2, 0) is 0 Å². The average Bonchev–Trinajstić information content (AvgIpc) is 2.34. The molecule has 0 aliphatic carbocycles. The van der Waals surface area contributed by atoms with Crippen molar-refractivity contribution < 1.29 is 13.9 Å². The second-order valence-corrected chi connectivity index (χ2v) is 5.08. The molecule has 0 fully saturated rings.